The number of carbonyl (C=O) groups excluding carboxylic acids is 3. The van der Waals surface area contributed by atoms with Crippen LogP contribution in [0.15, 0.2) is 138 Å². The van der Waals surface area contributed by atoms with Gasteiger partial charge in [-0.2, -0.15) is 0 Å². The smallest absolute Gasteiger partial charge is 0.262 e. The summed E-state index contributed by atoms with van der Waals surface area (Å²) in [6.45, 7) is 18.7. The van der Waals surface area contributed by atoms with E-state index in [0.717, 1.165) is 186 Å². The standard InChI is InChI=1S/C35H42ClFN2O4S.2C35H43ClN2O4S/c1-20-21(2)44(4,41)38-34(40)22-8-12-31-30(16-22)39(17-23-7-9-26(23)33(42-3)25-14-24(20)15-25)18-35(19-43-31)13-5-6-27-28(35)10-11-29(36)32(27)37;1-22-19-43(4,40)37-33(39)24-8-12-31-30(15-24)38(18-25-7-10-28(25)32(41-3)26-16-34(22,2)17-26)20-35(21-42-31)13-5-6-23-14-27(36)9-11-29(23)35;1-21-22(2)43(4,40)37-34(39)24-8-12-32-31(17-24)38(18-25-7-10-29(25)33(41-3)27-14-26(21)15-27)19-35(20-42-32)13-5-6-23-16-28(36)9-11-30(23)35/h8,10-12,14,16,20-21,23-24,26,33H,4-7,9,13,15,17-19H2,1-3H3,(H,38,40,41);8-9,11-12,14-16,22,25,28,32H,4-7,10,13,17-21H2,1-3H3,(H,37,39,40);8-9,11-12,14,16-17,21-22,25-26,29,33H,4-7,10,13,15,18-20H2,1-3H3,(H,37,39,40)/t20-,21-,23+,24+,26-,33+,35+,44?;22-,25+,28-,32+,34?,35+,43?;21-,22-,25+,26+,29-,33+,35+,43?/m111/s1. The van der Waals surface area contributed by atoms with E-state index in [1.807, 2.05) is 89.8 Å². The second kappa shape index (κ2) is 35.3. The summed E-state index contributed by atoms with van der Waals surface area (Å²) in [5.74, 6) is 16.7. The molecule has 0 aromatic heterocycles. The van der Waals surface area contributed by atoms with E-state index in [1.54, 1.807) is 24.3 Å². The normalized spacial score (nSPS) is 36.8. The molecule has 9 heterocycles. The van der Waals surface area contributed by atoms with Gasteiger partial charge in [-0.25, -0.2) is 17.0 Å². The molecule has 6 aromatic rings. The number of methoxy groups -OCH3 is 3. The monoisotopic (exact) mass is 1880 g/mol. The molecule has 9 aliphatic heterocycles. The van der Waals surface area contributed by atoms with Gasteiger partial charge < -0.3 is 43.1 Å². The lowest BCUT2D eigenvalue weighted by atomic mass is 9.60. The minimum absolute atomic E-state index is 0.0545. The number of allylic oxidation sites excluding steroid dienone is 3. The maximum Gasteiger partial charge on any atom is 0.262 e. The minimum atomic E-state index is -2.93. The van der Waals surface area contributed by atoms with Gasteiger partial charge in [0.15, 0.2) is 0 Å². The number of hydrogen-bond acceptors (Lipinski definition) is 15. The maximum atomic E-state index is 15.3. The van der Waals surface area contributed by atoms with E-state index in [0.29, 0.717) is 108 Å². The third kappa shape index (κ3) is 16.9. The van der Waals surface area contributed by atoms with Gasteiger partial charge in [0.1, 0.15) is 23.1 Å². The summed E-state index contributed by atoms with van der Waals surface area (Å²) < 4.78 is 103. The Morgan fingerprint density at radius 2 is 0.854 bits per heavy atom. The predicted molar refractivity (Wildman–Crippen MR) is 524 cm³/mol. The molecule has 130 heavy (non-hydrogen) atoms. The van der Waals surface area contributed by atoms with Crippen LogP contribution in [0.4, 0.5) is 21.5 Å². The van der Waals surface area contributed by atoms with E-state index < -0.39 is 40.4 Å². The van der Waals surface area contributed by atoms with E-state index in [4.69, 9.17) is 63.2 Å². The molecule has 3 spiro atoms. The average molecular weight is 1890 g/mol. The molecule has 24 rings (SSSR count). The maximum absolute atomic E-state index is 15.3. The average Bonchev–Trinajstić information content (AvgIpc) is 1.69. The molecule has 3 saturated carbocycles. The Morgan fingerprint density at radius 3 is 1.24 bits per heavy atom. The van der Waals surface area contributed by atoms with E-state index in [9.17, 15) is 27.0 Å². The first kappa shape index (κ1) is 91.6. The number of nitrogens with zero attached hydrogens (tertiary/aromatic N) is 3. The molecule has 4 unspecified atom stereocenters. The molecular weight excluding hydrogens is 1760 g/mol. The Hall–Kier alpha value is -7.51. The molecule has 3 N–H and O–H groups in total. The lowest BCUT2D eigenvalue weighted by Gasteiger charge is -2.50. The van der Waals surface area contributed by atoms with Crippen LogP contribution in [-0.4, -0.2) is 163 Å². The highest BCUT2D eigenvalue weighted by Gasteiger charge is 2.53. The number of ether oxygens (including phenoxy) is 6. The van der Waals surface area contributed by atoms with Gasteiger partial charge in [0.05, 0.1) is 79.6 Å². The van der Waals surface area contributed by atoms with E-state index in [2.05, 4.69) is 117 Å². The fraction of sp³-hybridized carbons (Fsp3) is 0.543. The van der Waals surface area contributed by atoms with E-state index in [1.165, 1.54) is 39.0 Å². The van der Waals surface area contributed by atoms with Crippen molar-refractivity contribution in [2.24, 2.45) is 70.5 Å². The van der Waals surface area contributed by atoms with Crippen molar-refractivity contribution in [1.82, 2.24) is 14.2 Å². The number of aryl methyl sites for hydroxylation is 2. The number of hydrogen-bond donors (Lipinski definition) is 3. The van der Waals surface area contributed by atoms with Gasteiger partial charge in [-0.05, 0) is 353 Å². The Kier molecular flexibility index (Phi) is 24.9. The van der Waals surface area contributed by atoms with Crippen LogP contribution in [0.1, 0.15) is 202 Å². The number of anilines is 3. The summed E-state index contributed by atoms with van der Waals surface area (Å²) in [6, 6.07) is 33.0. The Bertz CT molecular complexity index is 5970. The molecule has 6 aromatic carbocycles. The van der Waals surface area contributed by atoms with Crippen molar-refractivity contribution in [3.05, 3.63) is 209 Å². The molecule has 3 amide bonds. The van der Waals surface area contributed by atoms with Gasteiger partial charge in [-0.15, -0.1) is 0 Å². The van der Waals surface area contributed by atoms with Gasteiger partial charge in [0.25, 0.3) is 17.7 Å². The second-order valence-corrected chi connectivity index (χ2v) is 50.0. The summed E-state index contributed by atoms with van der Waals surface area (Å²) in [5.41, 5.74) is 14.2. The van der Waals surface area contributed by atoms with Crippen LogP contribution in [0.3, 0.4) is 0 Å². The third-order valence-electron chi connectivity index (χ3n) is 34.2. The third-order valence-corrected chi connectivity index (χ3v) is 40.9. The van der Waals surface area contributed by atoms with Gasteiger partial charge in [-0.1, -0.05) is 98.9 Å². The van der Waals surface area contributed by atoms with Crippen molar-refractivity contribution in [1.29, 1.82) is 0 Å². The summed E-state index contributed by atoms with van der Waals surface area (Å²) in [4.78, 5) is 48.1. The number of halogens is 4. The van der Waals surface area contributed by atoms with Crippen LogP contribution in [0, 0.1) is 76.3 Å². The zero-order chi connectivity index (χ0) is 91.2. The Balaban J connectivity index is 0.000000126. The van der Waals surface area contributed by atoms with Crippen LogP contribution in [0.2, 0.25) is 15.1 Å². The highest BCUT2D eigenvalue weighted by molar-refractivity contribution is 8.00. The summed E-state index contributed by atoms with van der Waals surface area (Å²) in [5, 5.41) is 1.12. The highest BCUT2D eigenvalue weighted by Crippen LogP contribution is 2.57. The molecule has 9 aliphatic carbocycles. The number of amides is 3. The fourth-order valence-corrected chi connectivity index (χ4v) is 30.8. The highest BCUT2D eigenvalue weighted by atomic mass is 35.5. The number of carbonyl (C=O) groups is 3. The van der Waals surface area contributed by atoms with Gasteiger partial charge in [0.2, 0.25) is 0 Å². The molecule has 696 valence electrons. The van der Waals surface area contributed by atoms with Crippen molar-refractivity contribution in [2.75, 3.05) is 101 Å². The molecule has 18 aliphatic rings. The van der Waals surface area contributed by atoms with Crippen LogP contribution >= 0.6 is 34.8 Å². The largest absolute Gasteiger partial charge is 0.490 e. The summed E-state index contributed by atoms with van der Waals surface area (Å²) in [6.07, 6.45) is 25.4. The number of benzene rings is 6. The minimum Gasteiger partial charge on any atom is -0.490 e. The summed E-state index contributed by atoms with van der Waals surface area (Å²) >= 11 is 19.1. The van der Waals surface area contributed by atoms with Crippen LogP contribution in [0.25, 0.3) is 0 Å². The number of rotatable bonds is 3. The van der Waals surface area contributed by atoms with Crippen molar-refractivity contribution < 1.29 is 59.8 Å². The number of fused-ring (bicyclic) bond motifs is 18. The first-order valence-electron chi connectivity index (χ1n) is 47.4. The van der Waals surface area contributed by atoms with Crippen molar-refractivity contribution >= 4 is 116 Å². The molecular formula is C105H128Cl3FN6O12S3. The molecule has 0 saturated heterocycles. The molecule has 18 nitrogen and oxygen atoms in total. The predicted octanol–water partition coefficient (Wildman–Crippen LogP) is 18.7. The lowest BCUT2D eigenvalue weighted by Crippen LogP contribution is -2.51. The first-order chi connectivity index (χ1) is 62.1. The SMILES string of the molecule is C=S1(=O)C[C@@H](C)C2(C)C=C(C2)[C@H](OC)[C@@H]2CC[C@H]2CN2C[C@@]3(CCCc4cc(Cl)ccc43)COc3ccc(cc32)C(=O)N1.C=S1(=O)NC(=O)c2ccc3c(c2)N(C[C@@H]2CC[C@H]2[C@@H](OC)C2=C[C@@H](C2)[C@H](C)[C@H]1C)C[C@@]1(CCCc2c1ccc(Cl)c2F)CO3.C=S1(=O)NC(=O)c2ccc3c(c2)N(C[C@@H]2CC[C@H]2[C@@H](OC)C2=C[C@@H](C2)[C@H](C)[C@H]1C)C[C@@]1(CCCc2cc(Cl)ccc21)CO3. The molecule has 25 heteroatoms. The van der Waals surface area contributed by atoms with Crippen LogP contribution in [-0.2, 0) is 78.8 Å². The molecule has 23 atom stereocenters. The van der Waals surface area contributed by atoms with Crippen molar-refractivity contribution in [3.63, 3.8) is 0 Å². The fourth-order valence-electron chi connectivity index (χ4n) is 25.4. The van der Waals surface area contributed by atoms with Gasteiger partial charge >= 0.3 is 0 Å². The lowest BCUT2D eigenvalue weighted by molar-refractivity contribution is -0.00459. The Labute approximate surface area is 784 Å². The number of nitrogens with one attached hydrogen (secondary N) is 3. The van der Waals surface area contributed by atoms with Crippen LogP contribution < -0.4 is 43.1 Å². The van der Waals surface area contributed by atoms with Gasteiger partial charge in [0, 0.05) is 130 Å². The second-order valence-electron chi connectivity index (χ2n) is 41.8. The summed E-state index contributed by atoms with van der Waals surface area (Å²) in [7, 11) is -3.16. The van der Waals surface area contributed by atoms with Crippen molar-refractivity contribution in [2.45, 2.75) is 202 Å². The molecule has 12 bridgehead atoms. The molecule has 0 radical (unpaired) electrons. The van der Waals surface area contributed by atoms with E-state index >= 15 is 4.39 Å². The zero-order valence-corrected chi connectivity index (χ0v) is 81.4. The first-order valence-corrected chi connectivity index (χ1v) is 54.0. The topological polar surface area (TPSA) is 204 Å². The van der Waals surface area contributed by atoms with Gasteiger partial charge in [-0.3, -0.25) is 28.5 Å². The molecule has 3 fully saturated rings. The van der Waals surface area contributed by atoms with Crippen molar-refractivity contribution in [3.8, 4) is 17.2 Å². The quantitative estimate of drug-likeness (QED) is 0.111. The Morgan fingerprint density at radius 1 is 0.485 bits per heavy atom. The zero-order valence-electron chi connectivity index (χ0n) is 76.7. The van der Waals surface area contributed by atoms with E-state index in [-0.39, 0.29) is 91.4 Å². The van der Waals surface area contributed by atoms with Crippen LogP contribution in [0.5, 0.6) is 17.2 Å².